The number of nitrogens with zero attached hydrogens (tertiary/aromatic N) is 3. The molecule has 0 aliphatic carbocycles. The van der Waals surface area contributed by atoms with Crippen LogP contribution in [0.25, 0.3) is 5.70 Å². The lowest BCUT2D eigenvalue weighted by atomic mass is 10.1. The number of ether oxygens (including phenoxy) is 3. The van der Waals surface area contributed by atoms with Crippen LogP contribution >= 0.6 is 0 Å². The Bertz CT molecular complexity index is 905. The first kappa shape index (κ1) is 25.0. The molecule has 1 aliphatic rings. The molecule has 0 fully saturated rings. The lowest BCUT2D eigenvalue weighted by Gasteiger charge is -2.38. The summed E-state index contributed by atoms with van der Waals surface area (Å²) in [7, 11) is 1.58. The third-order valence-electron chi connectivity index (χ3n) is 4.12. The summed E-state index contributed by atoms with van der Waals surface area (Å²) in [6.45, 7) is 15.1. The number of amides is 2. The van der Waals surface area contributed by atoms with Gasteiger partial charge in [0.05, 0.1) is 12.8 Å². The Labute approximate surface area is 190 Å². The third kappa shape index (κ3) is 6.87. The quantitative estimate of drug-likeness (QED) is 0.605. The number of hydrogen-bond acceptors (Lipinski definition) is 5. The molecule has 174 valence electrons. The van der Waals surface area contributed by atoms with E-state index in [9.17, 15) is 9.59 Å². The maximum atomic E-state index is 13.3. The SMILES string of the molecule is C=CCN1CC=C(c2ccc(OC)cc2)N(C(=O)OC(C)(C)C)/C1=N/C(=O)OC(C)(C)C. The van der Waals surface area contributed by atoms with Gasteiger partial charge in [-0.3, -0.25) is 0 Å². The second-order valence-electron chi connectivity index (χ2n) is 9.22. The Morgan fingerprint density at radius 2 is 1.66 bits per heavy atom. The molecular formula is C24H33N3O5. The maximum absolute atomic E-state index is 13.3. The fourth-order valence-electron chi connectivity index (χ4n) is 2.91. The molecule has 0 aromatic heterocycles. The molecule has 1 aromatic carbocycles. The standard InChI is InChI=1S/C24H33N3O5/c1-9-15-26-16-14-19(17-10-12-18(30-8)13-11-17)27(22(29)32-24(5,6)7)20(26)25-21(28)31-23(2,3)4/h9-14H,1,15-16H2,2-8H3/b25-20+. The molecule has 0 spiro atoms. The van der Waals surface area contributed by atoms with Gasteiger partial charge in [0, 0.05) is 13.1 Å². The van der Waals surface area contributed by atoms with Crippen molar-refractivity contribution in [3.8, 4) is 5.75 Å². The van der Waals surface area contributed by atoms with E-state index >= 15 is 0 Å². The van der Waals surface area contributed by atoms with Crippen molar-refractivity contribution >= 4 is 23.8 Å². The van der Waals surface area contributed by atoms with Crippen LogP contribution in [0.15, 0.2) is 48.0 Å². The third-order valence-corrected chi connectivity index (χ3v) is 4.12. The van der Waals surface area contributed by atoms with E-state index in [0.29, 0.717) is 24.5 Å². The molecule has 0 unspecified atom stereocenters. The summed E-state index contributed by atoms with van der Waals surface area (Å²) in [6.07, 6.45) is 2.09. The van der Waals surface area contributed by atoms with Gasteiger partial charge in [0.1, 0.15) is 17.0 Å². The molecule has 0 saturated carbocycles. The first-order chi connectivity index (χ1) is 14.8. The summed E-state index contributed by atoms with van der Waals surface area (Å²) < 4.78 is 16.3. The molecule has 0 radical (unpaired) electrons. The summed E-state index contributed by atoms with van der Waals surface area (Å²) in [5.41, 5.74) is -0.194. The van der Waals surface area contributed by atoms with Crippen LogP contribution in [0.1, 0.15) is 47.1 Å². The van der Waals surface area contributed by atoms with Crippen molar-refractivity contribution in [2.45, 2.75) is 52.7 Å². The highest BCUT2D eigenvalue weighted by molar-refractivity contribution is 6.07. The van der Waals surface area contributed by atoms with E-state index in [-0.39, 0.29) is 5.96 Å². The normalized spacial score (nSPS) is 15.8. The van der Waals surface area contributed by atoms with Gasteiger partial charge in [-0.15, -0.1) is 11.6 Å². The summed E-state index contributed by atoms with van der Waals surface area (Å²) in [5.74, 6) is 0.798. The van der Waals surface area contributed by atoms with E-state index in [1.165, 1.54) is 4.90 Å². The summed E-state index contributed by atoms with van der Waals surface area (Å²) in [5, 5.41) is 0. The smallest absolute Gasteiger partial charge is 0.437 e. The van der Waals surface area contributed by atoms with Crippen molar-refractivity contribution in [1.82, 2.24) is 9.80 Å². The molecule has 0 N–H and O–H groups in total. The summed E-state index contributed by atoms with van der Waals surface area (Å²) in [4.78, 5) is 33.1. The van der Waals surface area contributed by atoms with E-state index in [4.69, 9.17) is 14.2 Å². The number of guanidine groups is 1. The topological polar surface area (TPSA) is 80.7 Å². The van der Waals surface area contributed by atoms with Gasteiger partial charge < -0.3 is 19.1 Å². The molecule has 0 saturated heterocycles. The van der Waals surface area contributed by atoms with E-state index in [1.54, 1.807) is 71.8 Å². The zero-order valence-electron chi connectivity index (χ0n) is 20.0. The van der Waals surface area contributed by atoms with Crippen LogP contribution < -0.4 is 4.74 Å². The highest BCUT2D eigenvalue weighted by Gasteiger charge is 2.36. The van der Waals surface area contributed by atoms with Gasteiger partial charge >= 0.3 is 12.2 Å². The predicted octanol–water partition coefficient (Wildman–Crippen LogP) is 5.07. The number of methoxy groups -OCH3 is 1. The Hall–Kier alpha value is -3.29. The van der Waals surface area contributed by atoms with Crippen LogP contribution in [0.5, 0.6) is 5.75 Å². The minimum absolute atomic E-state index is 0.113. The zero-order valence-corrected chi connectivity index (χ0v) is 20.0. The Morgan fingerprint density at radius 1 is 1.06 bits per heavy atom. The molecule has 2 rings (SSSR count). The molecule has 1 aromatic rings. The first-order valence-corrected chi connectivity index (χ1v) is 10.4. The van der Waals surface area contributed by atoms with Crippen LogP contribution in [0.2, 0.25) is 0 Å². The highest BCUT2D eigenvalue weighted by Crippen LogP contribution is 2.29. The van der Waals surface area contributed by atoms with Crippen molar-refractivity contribution in [3.63, 3.8) is 0 Å². The van der Waals surface area contributed by atoms with Crippen molar-refractivity contribution < 1.29 is 23.8 Å². The Balaban J connectivity index is 2.60. The van der Waals surface area contributed by atoms with Crippen LogP contribution in [-0.2, 0) is 9.47 Å². The number of aliphatic imine (C=N–C) groups is 1. The van der Waals surface area contributed by atoms with Gasteiger partial charge in [0.2, 0.25) is 5.96 Å². The largest absolute Gasteiger partial charge is 0.497 e. The molecule has 32 heavy (non-hydrogen) atoms. The Kier molecular flexibility index (Phi) is 7.72. The average Bonchev–Trinajstić information content (AvgIpc) is 2.66. The molecule has 1 aliphatic heterocycles. The van der Waals surface area contributed by atoms with Crippen molar-refractivity contribution in [3.05, 3.63) is 48.6 Å². The van der Waals surface area contributed by atoms with E-state index < -0.39 is 23.4 Å². The van der Waals surface area contributed by atoms with Gasteiger partial charge in [0.25, 0.3) is 0 Å². The summed E-state index contributed by atoms with van der Waals surface area (Å²) in [6, 6.07) is 7.25. The lowest BCUT2D eigenvalue weighted by Crippen LogP contribution is -2.51. The van der Waals surface area contributed by atoms with Crippen LogP contribution in [0.4, 0.5) is 9.59 Å². The van der Waals surface area contributed by atoms with Crippen LogP contribution in [0.3, 0.4) is 0 Å². The molecule has 1 heterocycles. The van der Waals surface area contributed by atoms with Crippen LogP contribution in [0, 0.1) is 0 Å². The second-order valence-corrected chi connectivity index (χ2v) is 9.22. The van der Waals surface area contributed by atoms with Gasteiger partial charge in [-0.1, -0.05) is 6.08 Å². The molecule has 2 amide bonds. The van der Waals surface area contributed by atoms with Gasteiger partial charge in [-0.25, -0.2) is 14.5 Å². The van der Waals surface area contributed by atoms with E-state index in [0.717, 1.165) is 5.56 Å². The second kappa shape index (κ2) is 9.89. The minimum atomic E-state index is -0.800. The molecular weight excluding hydrogens is 410 g/mol. The highest BCUT2D eigenvalue weighted by atomic mass is 16.6. The molecule has 8 nitrogen and oxygen atoms in total. The lowest BCUT2D eigenvalue weighted by molar-refractivity contribution is 0.0418. The average molecular weight is 444 g/mol. The van der Waals surface area contributed by atoms with E-state index in [1.807, 2.05) is 18.2 Å². The van der Waals surface area contributed by atoms with Crippen molar-refractivity contribution in [2.24, 2.45) is 4.99 Å². The van der Waals surface area contributed by atoms with Gasteiger partial charge in [0.15, 0.2) is 0 Å². The number of carbonyl (C=O) groups is 2. The Morgan fingerprint density at radius 3 is 2.16 bits per heavy atom. The fraction of sp³-hybridized carbons (Fsp3) is 0.458. The van der Waals surface area contributed by atoms with Gasteiger partial charge in [-0.2, -0.15) is 0 Å². The van der Waals surface area contributed by atoms with Crippen molar-refractivity contribution in [1.29, 1.82) is 0 Å². The first-order valence-electron chi connectivity index (χ1n) is 10.4. The molecule has 0 bridgehead atoms. The molecule has 8 heteroatoms. The zero-order chi connectivity index (χ0) is 24.1. The molecule has 0 atom stereocenters. The minimum Gasteiger partial charge on any atom is -0.497 e. The van der Waals surface area contributed by atoms with Crippen molar-refractivity contribution in [2.75, 3.05) is 20.2 Å². The number of rotatable bonds is 4. The van der Waals surface area contributed by atoms with Gasteiger partial charge in [-0.05, 0) is 77.4 Å². The number of carbonyl (C=O) groups excluding carboxylic acids is 2. The monoisotopic (exact) mass is 443 g/mol. The predicted molar refractivity (Wildman–Crippen MR) is 124 cm³/mol. The van der Waals surface area contributed by atoms with E-state index in [2.05, 4.69) is 11.6 Å². The fourth-order valence-corrected chi connectivity index (χ4v) is 2.91. The summed E-state index contributed by atoms with van der Waals surface area (Å²) >= 11 is 0. The maximum Gasteiger partial charge on any atom is 0.437 e. The van der Waals surface area contributed by atoms with Crippen LogP contribution in [-0.4, -0.2) is 59.3 Å². The number of hydrogen-bond donors (Lipinski definition) is 0. The number of benzene rings is 1.